The number of ether oxygens (including phenoxy) is 1. The zero-order chi connectivity index (χ0) is 28.0. The molecule has 2 aromatic rings. The quantitative estimate of drug-likeness (QED) is 0.205. The number of alkyl halides is 4. The first-order valence-electron chi connectivity index (χ1n) is 13.4. The highest BCUT2D eigenvalue weighted by Gasteiger charge is 2.79. The number of unbranched alkanes of at least 4 members (excludes halogenated alkanes) is 7. The molecule has 1 aliphatic heterocycles. The van der Waals surface area contributed by atoms with Gasteiger partial charge in [0.25, 0.3) is 5.67 Å². The lowest BCUT2D eigenvalue weighted by Crippen LogP contribution is -2.59. The molecule has 0 aromatic heterocycles. The molecule has 0 amide bonds. The fourth-order valence-corrected chi connectivity index (χ4v) is 6.94. The van der Waals surface area contributed by atoms with E-state index in [9.17, 15) is 26.7 Å². The van der Waals surface area contributed by atoms with Crippen LogP contribution in [0.5, 0.6) is 0 Å². The molecule has 1 aliphatic rings. The Hall–Kier alpha value is -1.97. The average Bonchev–Trinajstić information content (AvgIpc) is 3.09. The Labute approximate surface area is 223 Å². The highest BCUT2D eigenvalue weighted by molar-refractivity contribution is 7.91. The lowest BCUT2D eigenvalue weighted by Gasteiger charge is -2.38. The van der Waals surface area contributed by atoms with E-state index in [4.69, 9.17) is 4.74 Å². The molecule has 212 valence electrons. The number of halogens is 4. The highest BCUT2D eigenvalue weighted by Crippen LogP contribution is 2.59. The van der Waals surface area contributed by atoms with Crippen molar-refractivity contribution in [3.63, 3.8) is 0 Å². The van der Waals surface area contributed by atoms with Crippen LogP contribution < -0.4 is 0 Å². The third-order valence-electron chi connectivity index (χ3n) is 7.47. The van der Waals surface area contributed by atoms with Crippen LogP contribution >= 0.6 is 0 Å². The molecule has 1 heterocycles. The SMILES string of the molecule is CCCCCCCCCC[C@@H]1O[C@](O)(c2ccccc2)[C@@](F)(C(F)(F)F)[C@H]1CS(=O)(=O)c1ccc(C)cc1. The number of aliphatic hydroxyl groups is 1. The smallest absolute Gasteiger partial charge is 0.359 e. The molecule has 1 N–H and O–H groups in total. The molecule has 38 heavy (non-hydrogen) atoms. The standard InChI is InChI=1S/C29H38F4O4S/c1-3-4-5-6-7-8-9-13-16-26-25(21-38(35,36)24-19-17-22(2)18-20-24)27(30,29(31,32)33)28(34,37-26)23-14-11-10-12-15-23/h10-12,14-15,17-20,25-26,34H,3-9,13,16,21H2,1-2H3/t25-,26-,27+,28+/m0/s1. The molecular formula is C29H38F4O4S. The monoisotopic (exact) mass is 558 g/mol. The summed E-state index contributed by atoms with van der Waals surface area (Å²) in [5.41, 5.74) is -3.98. The predicted octanol–water partition coefficient (Wildman–Crippen LogP) is 7.43. The third kappa shape index (κ3) is 6.42. The molecule has 0 aliphatic carbocycles. The van der Waals surface area contributed by atoms with Crippen molar-refractivity contribution in [2.45, 2.75) is 100 Å². The normalized spacial score (nSPS) is 26.1. The zero-order valence-corrected chi connectivity index (χ0v) is 22.8. The second kappa shape index (κ2) is 12.5. The molecule has 4 nitrogen and oxygen atoms in total. The number of rotatable bonds is 13. The minimum Gasteiger partial charge on any atom is -0.359 e. The molecule has 1 saturated heterocycles. The maximum Gasteiger partial charge on any atom is 0.428 e. The van der Waals surface area contributed by atoms with Crippen LogP contribution in [0.1, 0.15) is 75.8 Å². The molecule has 4 atom stereocenters. The number of aryl methyl sites for hydroxylation is 1. The Morgan fingerprint density at radius 3 is 2.00 bits per heavy atom. The fourth-order valence-electron chi connectivity index (χ4n) is 5.28. The highest BCUT2D eigenvalue weighted by atomic mass is 32.2. The second-order valence-corrected chi connectivity index (χ2v) is 12.4. The first kappa shape index (κ1) is 30.6. The Balaban J connectivity index is 1.92. The van der Waals surface area contributed by atoms with Crippen LogP contribution in [-0.4, -0.2) is 37.2 Å². The van der Waals surface area contributed by atoms with Gasteiger partial charge in [-0.1, -0.05) is 106 Å². The van der Waals surface area contributed by atoms with Gasteiger partial charge in [0.05, 0.1) is 16.8 Å². The lowest BCUT2D eigenvalue weighted by molar-refractivity contribution is -0.342. The third-order valence-corrected chi connectivity index (χ3v) is 9.26. The zero-order valence-electron chi connectivity index (χ0n) is 22.0. The average molecular weight is 559 g/mol. The maximum atomic E-state index is 16.6. The molecule has 1 fully saturated rings. The molecule has 0 spiro atoms. The summed E-state index contributed by atoms with van der Waals surface area (Å²) in [4.78, 5) is -0.200. The van der Waals surface area contributed by atoms with E-state index >= 15 is 4.39 Å². The summed E-state index contributed by atoms with van der Waals surface area (Å²) in [6.07, 6.45) is 0.401. The molecule has 0 unspecified atom stereocenters. The van der Waals surface area contributed by atoms with E-state index in [1.807, 2.05) is 0 Å². The summed E-state index contributed by atoms with van der Waals surface area (Å²) in [7, 11) is -4.34. The fraction of sp³-hybridized carbons (Fsp3) is 0.586. The van der Waals surface area contributed by atoms with E-state index in [0.29, 0.717) is 12.8 Å². The Bertz CT molecular complexity index is 1120. The minimum atomic E-state index is -5.60. The van der Waals surface area contributed by atoms with Gasteiger partial charge in [0.15, 0.2) is 9.84 Å². The Morgan fingerprint density at radius 2 is 1.45 bits per heavy atom. The summed E-state index contributed by atoms with van der Waals surface area (Å²) < 4.78 is 92.3. The van der Waals surface area contributed by atoms with Gasteiger partial charge in [-0.05, 0) is 25.5 Å². The van der Waals surface area contributed by atoms with Gasteiger partial charge in [0, 0.05) is 11.5 Å². The van der Waals surface area contributed by atoms with Crippen LogP contribution in [0.15, 0.2) is 59.5 Å². The van der Waals surface area contributed by atoms with Crippen LogP contribution in [0.3, 0.4) is 0 Å². The molecular weight excluding hydrogens is 520 g/mol. The van der Waals surface area contributed by atoms with Crippen LogP contribution in [0.2, 0.25) is 0 Å². The number of benzene rings is 2. The minimum absolute atomic E-state index is 0.0000614. The van der Waals surface area contributed by atoms with Gasteiger partial charge < -0.3 is 9.84 Å². The van der Waals surface area contributed by atoms with Gasteiger partial charge in [0.1, 0.15) is 0 Å². The van der Waals surface area contributed by atoms with Gasteiger partial charge >= 0.3 is 6.18 Å². The van der Waals surface area contributed by atoms with Crippen molar-refractivity contribution in [2.24, 2.45) is 5.92 Å². The summed E-state index contributed by atoms with van der Waals surface area (Å²) in [6.45, 7) is 3.87. The molecule has 0 bridgehead atoms. The van der Waals surface area contributed by atoms with E-state index < -0.39 is 50.8 Å². The first-order chi connectivity index (χ1) is 17.9. The predicted molar refractivity (Wildman–Crippen MR) is 139 cm³/mol. The molecule has 9 heteroatoms. The van der Waals surface area contributed by atoms with Gasteiger partial charge in [-0.3, -0.25) is 0 Å². The maximum absolute atomic E-state index is 16.6. The van der Waals surface area contributed by atoms with E-state index in [1.165, 1.54) is 42.5 Å². The summed E-state index contributed by atoms with van der Waals surface area (Å²) in [5.74, 6) is -6.70. The van der Waals surface area contributed by atoms with E-state index in [2.05, 4.69) is 6.92 Å². The molecule has 0 radical (unpaired) electrons. The van der Waals surface area contributed by atoms with Gasteiger partial charge in [-0.2, -0.15) is 13.2 Å². The van der Waals surface area contributed by atoms with Crippen molar-refractivity contribution in [3.05, 3.63) is 65.7 Å². The van der Waals surface area contributed by atoms with Crippen LogP contribution in [0.25, 0.3) is 0 Å². The number of sulfone groups is 1. The van der Waals surface area contributed by atoms with E-state index in [1.54, 1.807) is 6.92 Å². The van der Waals surface area contributed by atoms with Crippen LogP contribution in [0.4, 0.5) is 17.6 Å². The van der Waals surface area contributed by atoms with Crippen molar-refractivity contribution >= 4 is 9.84 Å². The molecule has 2 aromatic carbocycles. The number of hydrogen-bond donors (Lipinski definition) is 1. The lowest BCUT2D eigenvalue weighted by atomic mass is 9.78. The van der Waals surface area contributed by atoms with E-state index in [-0.39, 0.29) is 11.3 Å². The summed E-state index contributed by atoms with van der Waals surface area (Å²) >= 11 is 0. The first-order valence-corrected chi connectivity index (χ1v) is 15.0. The van der Waals surface area contributed by atoms with Gasteiger partial charge in [0.2, 0.25) is 5.79 Å². The van der Waals surface area contributed by atoms with Crippen molar-refractivity contribution in [1.82, 2.24) is 0 Å². The Kier molecular flexibility index (Phi) is 10.0. The second-order valence-electron chi connectivity index (χ2n) is 10.3. The topological polar surface area (TPSA) is 63.6 Å². The van der Waals surface area contributed by atoms with Crippen molar-refractivity contribution in [2.75, 3.05) is 5.75 Å². The Morgan fingerprint density at radius 1 is 0.895 bits per heavy atom. The van der Waals surface area contributed by atoms with Crippen molar-refractivity contribution in [3.8, 4) is 0 Å². The summed E-state index contributed by atoms with van der Waals surface area (Å²) in [6, 6.07) is 12.2. The summed E-state index contributed by atoms with van der Waals surface area (Å²) in [5, 5.41) is 11.3. The van der Waals surface area contributed by atoms with Crippen LogP contribution in [0, 0.1) is 12.8 Å². The van der Waals surface area contributed by atoms with Crippen molar-refractivity contribution < 1.29 is 35.8 Å². The van der Waals surface area contributed by atoms with Gasteiger partial charge in [-0.15, -0.1) is 0 Å². The number of hydrogen-bond acceptors (Lipinski definition) is 4. The molecule has 3 rings (SSSR count). The van der Waals surface area contributed by atoms with Gasteiger partial charge in [-0.25, -0.2) is 12.8 Å². The van der Waals surface area contributed by atoms with Crippen molar-refractivity contribution in [1.29, 1.82) is 0 Å². The molecule has 0 saturated carbocycles. The van der Waals surface area contributed by atoms with Crippen LogP contribution in [-0.2, 0) is 20.4 Å². The largest absolute Gasteiger partial charge is 0.428 e. The van der Waals surface area contributed by atoms with E-state index in [0.717, 1.165) is 56.2 Å².